The van der Waals surface area contributed by atoms with Crippen molar-refractivity contribution in [3.8, 4) is 0 Å². The highest BCUT2D eigenvalue weighted by Crippen LogP contribution is 2.16. The SMILES string of the molecule is COCC(NCCCS(=O)(=O)O)[C@@H](O)c1ccccc1. The standard InChI is InChI=1S/C13H21NO5S/c1-19-10-12(14-8-5-9-20(16,17)18)13(15)11-6-3-2-4-7-11/h2-4,6-7,12-15H,5,8-10H2,1H3,(H,16,17,18)/t12?,13-/m0/s1. The minimum Gasteiger partial charge on any atom is -0.387 e. The van der Waals surface area contributed by atoms with E-state index >= 15 is 0 Å². The van der Waals surface area contributed by atoms with Gasteiger partial charge in [-0.25, -0.2) is 0 Å². The highest BCUT2D eigenvalue weighted by Gasteiger charge is 2.20. The quantitative estimate of drug-likeness (QED) is 0.457. The van der Waals surface area contributed by atoms with Crippen LogP contribution in [0.1, 0.15) is 18.1 Å². The topological polar surface area (TPSA) is 95.9 Å². The lowest BCUT2D eigenvalue weighted by molar-refractivity contribution is 0.0699. The first-order valence-corrected chi connectivity index (χ1v) is 7.95. The minimum atomic E-state index is -3.94. The lowest BCUT2D eigenvalue weighted by Crippen LogP contribution is -2.39. The number of methoxy groups -OCH3 is 1. The van der Waals surface area contributed by atoms with Crippen molar-refractivity contribution in [2.75, 3.05) is 26.0 Å². The Labute approximate surface area is 119 Å². The molecule has 0 radical (unpaired) electrons. The number of aliphatic hydroxyl groups excluding tert-OH is 1. The molecule has 1 aromatic carbocycles. The van der Waals surface area contributed by atoms with E-state index < -0.39 is 16.2 Å². The normalized spacial score (nSPS) is 14.9. The third-order valence-electron chi connectivity index (χ3n) is 2.85. The van der Waals surface area contributed by atoms with E-state index in [-0.39, 0.29) is 18.2 Å². The third-order valence-corrected chi connectivity index (χ3v) is 3.66. The van der Waals surface area contributed by atoms with Crippen molar-refractivity contribution in [1.82, 2.24) is 5.32 Å². The molecule has 1 rings (SSSR count). The maximum Gasteiger partial charge on any atom is 0.264 e. The predicted molar refractivity (Wildman–Crippen MR) is 76.1 cm³/mol. The van der Waals surface area contributed by atoms with Gasteiger partial charge in [0.2, 0.25) is 0 Å². The molecule has 0 fully saturated rings. The van der Waals surface area contributed by atoms with E-state index in [2.05, 4.69) is 5.32 Å². The van der Waals surface area contributed by atoms with E-state index in [0.717, 1.165) is 5.56 Å². The fourth-order valence-electron chi connectivity index (χ4n) is 1.87. The van der Waals surface area contributed by atoms with Gasteiger partial charge in [-0.05, 0) is 18.5 Å². The van der Waals surface area contributed by atoms with Gasteiger partial charge in [-0.3, -0.25) is 4.55 Å². The molecule has 20 heavy (non-hydrogen) atoms. The van der Waals surface area contributed by atoms with Crippen LogP contribution >= 0.6 is 0 Å². The largest absolute Gasteiger partial charge is 0.387 e. The van der Waals surface area contributed by atoms with Gasteiger partial charge in [-0.15, -0.1) is 0 Å². The monoisotopic (exact) mass is 303 g/mol. The Kier molecular flexibility index (Phi) is 7.11. The van der Waals surface area contributed by atoms with Gasteiger partial charge in [0.1, 0.15) is 0 Å². The maximum atomic E-state index is 10.6. The summed E-state index contributed by atoms with van der Waals surface area (Å²) < 4.78 is 34.9. The van der Waals surface area contributed by atoms with E-state index in [1.165, 1.54) is 7.11 Å². The Hall–Kier alpha value is -0.990. The minimum absolute atomic E-state index is 0.264. The zero-order valence-electron chi connectivity index (χ0n) is 11.4. The summed E-state index contributed by atoms with van der Waals surface area (Å²) in [5, 5.41) is 13.3. The summed E-state index contributed by atoms with van der Waals surface area (Å²) in [6.07, 6.45) is -0.484. The van der Waals surface area contributed by atoms with Gasteiger partial charge >= 0.3 is 0 Å². The molecule has 0 aliphatic rings. The molecule has 0 saturated carbocycles. The van der Waals surface area contributed by atoms with Crippen LogP contribution < -0.4 is 5.32 Å². The maximum absolute atomic E-state index is 10.6. The van der Waals surface area contributed by atoms with Crippen LogP contribution in [0.4, 0.5) is 0 Å². The van der Waals surface area contributed by atoms with E-state index in [4.69, 9.17) is 9.29 Å². The van der Waals surface area contributed by atoms with Crippen molar-refractivity contribution in [3.05, 3.63) is 35.9 Å². The number of benzene rings is 1. The van der Waals surface area contributed by atoms with Crippen molar-refractivity contribution in [2.24, 2.45) is 0 Å². The van der Waals surface area contributed by atoms with E-state index in [9.17, 15) is 13.5 Å². The van der Waals surface area contributed by atoms with Gasteiger partial charge in [0.25, 0.3) is 10.1 Å². The molecule has 0 aliphatic heterocycles. The highest BCUT2D eigenvalue weighted by atomic mass is 32.2. The molecular formula is C13H21NO5S. The molecular weight excluding hydrogens is 282 g/mol. The first-order chi connectivity index (χ1) is 9.44. The first-order valence-electron chi connectivity index (χ1n) is 6.34. The van der Waals surface area contributed by atoms with Crippen LogP contribution in [0.15, 0.2) is 30.3 Å². The Morgan fingerprint density at radius 1 is 1.30 bits per heavy atom. The predicted octanol–water partition coefficient (Wildman–Crippen LogP) is 0.603. The van der Waals surface area contributed by atoms with E-state index in [0.29, 0.717) is 13.2 Å². The number of hydrogen-bond donors (Lipinski definition) is 3. The van der Waals surface area contributed by atoms with Crippen LogP contribution in [0.25, 0.3) is 0 Å². The second-order valence-electron chi connectivity index (χ2n) is 4.51. The third kappa shape index (κ3) is 6.44. The summed E-state index contributed by atoms with van der Waals surface area (Å²) in [5.74, 6) is -0.304. The van der Waals surface area contributed by atoms with Crippen molar-refractivity contribution in [3.63, 3.8) is 0 Å². The second kappa shape index (κ2) is 8.33. The summed E-state index contributed by atoms with van der Waals surface area (Å²) in [6, 6.07) is 8.81. The molecule has 3 N–H and O–H groups in total. The summed E-state index contributed by atoms with van der Waals surface area (Å²) in [5.41, 5.74) is 0.761. The van der Waals surface area contributed by atoms with Crippen LogP contribution in [0.5, 0.6) is 0 Å². The lowest BCUT2D eigenvalue weighted by Gasteiger charge is -2.24. The van der Waals surface area contributed by atoms with Gasteiger partial charge < -0.3 is 15.2 Å². The van der Waals surface area contributed by atoms with Crippen LogP contribution in [0.3, 0.4) is 0 Å². The molecule has 1 unspecified atom stereocenters. The zero-order chi connectivity index (χ0) is 15.0. The average Bonchev–Trinajstić information content (AvgIpc) is 2.41. The molecule has 6 nitrogen and oxygen atoms in total. The molecule has 0 aromatic heterocycles. The Balaban J connectivity index is 2.51. The number of hydrogen-bond acceptors (Lipinski definition) is 5. The first kappa shape index (κ1) is 17.1. The van der Waals surface area contributed by atoms with Crippen LogP contribution in [0.2, 0.25) is 0 Å². The summed E-state index contributed by atoms with van der Waals surface area (Å²) >= 11 is 0. The second-order valence-corrected chi connectivity index (χ2v) is 6.08. The van der Waals surface area contributed by atoms with Crippen molar-refractivity contribution in [2.45, 2.75) is 18.6 Å². The smallest absolute Gasteiger partial charge is 0.264 e. The van der Waals surface area contributed by atoms with E-state index in [1.54, 1.807) is 0 Å². The van der Waals surface area contributed by atoms with Crippen LogP contribution in [0, 0.1) is 0 Å². The van der Waals surface area contributed by atoms with Crippen LogP contribution in [-0.4, -0.2) is 50.1 Å². The Bertz CT molecular complexity index is 477. The molecule has 0 amide bonds. The lowest BCUT2D eigenvalue weighted by atomic mass is 10.0. The van der Waals surface area contributed by atoms with Gasteiger partial charge in [0.15, 0.2) is 0 Å². The average molecular weight is 303 g/mol. The Morgan fingerprint density at radius 3 is 2.50 bits per heavy atom. The molecule has 0 saturated heterocycles. The summed E-state index contributed by atoms with van der Waals surface area (Å²) in [7, 11) is -2.41. The van der Waals surface area contributed by atoms with Crippen molar-refractivity contribution >= 4 is 10.1 Å². The number of rotatable bonds is 9. The zero-order valence-corrected chi connectivity index (χ0v) is 12.2. The molecule has 114 valence electrons. The fraction of sp³-hybridized carbons (Fsp3) is 0.538. The molecule has 7 heteroatoms. The van der Waals surface area contributed by atoms with Crippen molar-refractivity contribution < 1.29 is 22.8 Å². The fourth-order valence-corrected chi connectivity index (χ4v) is 2.37. The summed E-state index contributed by atoms with van der Waals surface area (Å²) in [6.45, 7) is 0.652. The molecule has 1 aromatic rings. The number of aliphatic hydroxyl groups is 1. The highest BCUT2D eigenvalue weighted by molar-refractivity contribution is 7.85. The molecule has 0 aliphatic carbocycles. The van der Waals surface area contributed by atoms with Crippen LogP contribution in [-0.2, 0) is 14.9 Å². The number of ether oxygens (including phenoxy) is 1. The molecule has 0 bridgehead atoms. The molecule has 2 atom stereocenters. The molecule has 0 spiro atoms. The van der Waals surface area contributed by atoms with Gasteiger partial charge in [0.05, 0.1) is 24.5 Å². The van der Waals surface area contributed by atoms with Gasteiger partial charge in [-0.1, -0.05) is 30.3 Å². The van der Waals surface area contributed by atoms with Gasteiger partial charge in [-0.2, -0.15) is 8.42 Å². The van der Waals surface area contributed by atoms with E-state index in [1.807, 2.05) is 30.3 Å². The van der Waals surface area contributed by atoms with Gasteiger partial charge in [0, 0.05) is 7.11 Å². The summed E-state index contributed by atoms with van der Waals surface area (Å²) in [4.78, 5) is 0. The molecule has 0 heterocycles. The van der Waals surface area contributed by atoms with Crippen molar-refractivity contribution in [1.29, 1.82) is 0 Å². The Morgan fingerprint density at radius 2 is 1.95 bits per heavy atom. The number of nitrogens with one attached hydrogen (secondary N) is 1.